The number of aromatic nitrogens is 2. The van der Waals surface area contributed by atoms with E-state index in [-0.39, 0.29) is 5.69 Å². The van der Waals surface area contributed by atoms with Gasteiger partial charge in [-0.25, -0.2) is 18.0 Å². The number of H-pyrrole nitrogens is 1. The number of rotatable bonds is 4. The van der Waals surface area contributed by atoms with Crippen molar-refractivity contribution in [3.05, 3.63) is 59.5 Å². The monoisotopic (exact) mass is 363 g/mol. The fraction of sp³-hybridized carbons (Fsp3) is 0.118. The van der Waals surface area contributed by atoms with Crippen LogP contribution in [0.1, 0.15) is 17.4 Å². The molecule has 0 fully saturated rings. The fourth-order valence-corrected chi connectivity index (χ4v) is 2.25. The molecule has 134 valence electrons. The Hall–Kier alpha value is -3.36. The molecule has 1 heterocycles. The first-order chi connectivity index (χ1) is 12.4. The molecule has 0 bridgehead atoms. The van der Waals surface area contributed by atoms with E-state index >= 15 is 0 Å². The Bertz CT molecular complexity index is 1000. The molecule has 6 nitrogen and oxygen atoms in total. The Morgan fingerprint density at radius 1 is 1.12 bits per heavy atom. The average Bonchev–Trinajstić information content (AvgIpc) is 3.06. The zero-order valence-electron chi connectivity index (χ0n) is 13.3. The number of ether oxygens (including phenoxy) is 1. The SMILES string of the molecule is CC(OC(=O)c1n[nH]c2ccccc12)C(=O)Nc1ccc(F)c(F)c1F. The Balaban J connectivity index is 1.71. The van der Waals surface area contributed by atoms with Crippen LogP contribution in [-0.4, -0.2) is 28.2 Å². The number of nitrogens with one attached hydrogen (secondary N) is 2. The minimum absolute atomic E-state index is 0.0146. The Morgan fingerprint density at radius 3 is 2.62 bits per heavy atom. The van der Waals surface area contributed by atoms with Gasteiger partial charge < -0.3 is 10.1 Å². The maximum atomic E-state index is 13.6. The molecule has 0 saturated carbocycles. The van der Waals surface area contributed by atoms with Gasteiger partial charge in [-0.15, -0.1) is 0 Å². The minimum Gasteiger partial charge on any atom is -0.448 e. The predicted molar refractivity (Wildman–Crippen MR) is 85.9 cm³/mol. The second-order valence-corrected chi connectivity index (χ2v) is 5.38. The molecule has 1 unspecified atom stereocenters. The number of carbonyl (C=O) groups is 2. The van der Waals surface area contributed by atoms with Crippen LogP contribution in [0.3, 0.4) is 0 Å². The van der Waals surface area contributed by atoms with Crippen molar-refractivity contribution < 1.29 is 27.5 Å². The summed E-state index contributed by atoms with van der Waals surface area (Å²) < 4.78 is 44.7. The normalized spacial score (nSPS) is 12.0. The van der Waals surface area contributed by atoms with Crippen LogP contribution in [-0.2, 0) is 9.53 Å². The quantitative estimate of drug-likeness (QED) is 0.551. The molecule has 0 aliphatic carbocycles. The Labute approximate surface area is 145 Å². The summed E-state index contributed by atoms with van der Waals surface area (Å²) in [6.07, 6.45) is -1.33. The van der Waals surface area contributed by atoms with Gasteiger partial charge in [-0.2, -0.15) is 5.10 Å². The second kappa shape index (κ2) is 6.87. The third-order valence-corrected chi connectivity index (χ3v) is 3.61. The maximum Gasteiger partial charge on any atom is 0.360 e. The number of hydrogen-bond donors (Lipinski definition) is 2. The Morgan fingerprint density at radius 2 is 1.85 bits per heavy atom. The van der Waals surface area contributed by atoms with Crippen LogP contribution < -0.4 is 5.32 Å². The second-order valence-electron chi connectivity index (χ2n) is 5.38. The molecule has 3 rings (SSSR count). The number of esters is 1. The molecule has 0 spiro atoms. The molecule has 0 saturated heterocycles. The summed E-state index contributed by atoms with van der Waals surface area (Å²) in [6.45, 7) is 1.25. The van der Waals surface area contributed by atoms with Crippen molar-refractivity contribution in [2.24, 2.45) is 0 Å². The van der Waals surface area contributed by atoms with Gasteiger partial charge in [-0.3, -0.25) is 9.89 Å². The zero-order valence-corrected chi connectivity index (χ0v) is 13.3. The van der Waals surface area contributed by atoms with E-state index in [1.165, 1.54) is 6.92 Å². The molecule has 1 aromatic heterocycles. The van der Waals surface area contributed by atoms with Crippen molar-refractivity contribution in [2.45, 2.75) is 13.0 Å². The van der Waals surface area contributed by atoms with E-state index in [4.69, 9.17) is 4.74 Å². The van der Waals surface area contributed by atoms with Crippen LogP contribution in [0.15, 0.2) is 36.4 Å². The molecule has 26 heavy (non-hydrogen) atoms. The van der Waals surface area contributed by atoms with Crippen LogP contribution >= 0.6 is 0 Å². The van der Waals surface area contributed by atoms with Crippen molar-refractivity contribution in [3.8, 4) is 0 Å². The van der Waals surface area contributed by atoms with E-state index in [9.17, 15) is 22.8 Å². The van der Waals surface area contributed by atoms with Gasteiger partial charge in [0, 0.05) is 5.39 Å². The van der Waals surface area contributed by atoms with E-state index in [1.54, 1.807) is 24.3 Å². The maximum absolute atomic E-state index is 13.6. The van der Waals surface area contributed by atoms with Gasteiger partial charge >= 0.3 is 5.97 Å². The number of aromatic amines is 1. The third-order valence-electron chi connectivity index (χ3n) is 3.61. The van der Waals surface area contributed by atoms with Crippen molar-refractivity contribution >= 4 is 28.5 Å². The highest BCUT2D eigenvalue weighted by atomic mass is 19.2. The van der Waals surface area contributed by atoms with Gasteiger partial charge in [0.2, 0.25) is 0 Å². The number of nitrogens with zero attached hydrogens (tertiary/aromatic N) is 1. The van der Waals surface area contributed by atoms with Gasteiger partial charge in [-0.05, 0) is 25.1 Å². The molecule has 0 aliphatic rings. The lowest BCUT2D eigenvalue weighted by atomic mass is 10.2. The number of fused-ring (bicyclic) bond motifs is 1. The van der Waals surface area contributed by atoms with Gasteiger partial charge in [-0.1, -0.05) is 18.2 Å². The molecule has 2 aromatic carbocycles. The summed E-state index contributed by atoms with van der Waals surface area (Å²) in [7, 11) is 0. The molecule has 3 aromatic rings. The summed E-state index contributed by atoms with van der Waals surface area (Å²) in [5, 5.41) is 9.05. The van der Waals surface area contributed by atoms with Crippen molar-refractivity contribution in [1.29, 1.82) is 0 Å². The smallest absolute Gasteiger partial charge is 0.360 e. The number of benzene rings is 2. The highest BCUT2D eigenvalue weighted by Crippen LogP contribution is 2.20. The first-order valence-corrected chi connectivity index (χ1v) is 7.47. The van der Waals surface area contributed by atoms with Gasteiger partial charge in [0.1, 0.15) is 0 Å². The first-order valence-electron chi connectivity index (χ1n) is 7.47. The molecular weight excluding hydrogens is 351 g/mol. The summed E-state index contributed by atoms with van der Waals surface area (Å²) in [5.41, 5.74) is 0.0293. The lowest BCUT2D eigenvalue weighted by Crippen LogP contribution is -2.30. The Kier molecular flexibility index (Phi) is 4.61. The van der Waals surface area contributed by atoms with E-state index < -0.39 is 41.1 Å². The highest BCUT2D eigenvalue weighted by Gasteiger charge is 2.24. The average molecular weight is 363 g/mol. The molecule has 0 radical (unpaired) electrons. The number of para-hydroxylation sites is 1. The number of carbonyl (C=O) groups excluding carboxylic acids is 2. The van der Waals surface area contributed by atoms with E-state index in [0.717, 1.165) is 6.07 Å². The summed E-state index contributed by atoms with van der Waals surface area (Å²) in [5.74, 6) is -6.42. The molecule has 1 amide bonds. The van der Waals surface area contributed by atoms with Gasteiger partial charge in [0.15, 0.2) is 29.2 Å². The summed E-state index contributed by atoms with van der Waals surface area (Å²) in [6, 6.07) is 8.35. The van der Waals surface area contributed by atoms with E-state index in [2.05, 4.69) is 10.2 Å². The molecule has 0 aliphatic heterocycles. The fourth-order valence-electron chi connectivity index (χ4n) is 2.25. The third kappa shape index (κ3) is 3.23. The van der Waals surface area contributed by atoms with Crippen LogP contribution in [0.2, 0.25) is 0 Å². The van der Waals surface area contributed by atoms with E-state index in [1.807, 2.05) is 5.32 Å². The molecule has 9 heteroatoms. The molecular formula is C17H12F3N3O3. The van der Waals surface area contributed by atoms with E-state index in [0.29, 0.717) is 17.0 Å². The van der Waals surface area contributed by atoms with Gasteiger partial charge in [0.05, 0.1) is 11.2 Å². The summed E-state index contributed by atoms with van der Waals surface area (Å²) in [4.78, 5) is 24.2. The van der Waals surface area contributed by atoms with Crippen LogP contribution in [0.4, 0.5) is 18.9 Å². The first kappa shape index (κ1) is 17.5. The molecule has 1 atom stereocenters. The van der Waals surface area contributed by atoms with Crippen LogP contribution in [0.5, 0.6) is 0 Å². The number of hydrogen-bond acceptors (Lipinski definition) is 4. The van der Waals surface area contributed by atoms with Crippen LogP contribution in [0.25, 0.3) is 10.9 Å². The topological polar surface area (TPSA) is 84.1 Å². The highest BCUT2D eigenvalue weighted by molar-refractivity contribution is 6.03. The standard InChI is InChI=1S/C17H12F3N3O3/c1-8(16(24)21-12-7-6-10(18)13(19)14(12)20)26-17(25)15-9-4-2-3-5-11(9)22-23-15/h2-8H,1H3,(H,21,24)(H,22,23). The summed E-state index contributed by atoms with van der Waals surface area (Å²) >= 11 is 0. The van der Waals surface area contributed by atoms with Crippen molar-refractivity contribution in [1.82, 2.24) is 10.2 Å². The minimum atomic E-state index is -1.71. The lowest BCUT2D eigenvalue weighted by Gasteiger charge is -2.13. The molecule has 2 N–H and O–H groups in total. The lowest BCUT2D eigenvalue weighted by molar-refractivity contribution is -0.123. The number of amides is 1. The number of anilines is 1. The predicted octanol–water partition coefficient (Wildman–Crippen LogP) is 3.16. The van der Waals surface area contributed by atoms with Crippen LogP contribution in [0, 0.1) is 17.5 Å². The van der Waals surface area contributed by atoms with Crippen molar-refractivity contribution in [2.75, 3.05) is 5.32 Å². The number of halogens is 3. The largest absolute Gasteiger partial charge is 0.448 e. The van der Waals surface area contributed by atoms with Crippen molar-refractivity contribution in [3.63, 3.8) is 0 Å². The van der Waals surface area contributed by atoms with Gasteiger partial charge in [0.25, 0.3) is 5.91 Å². The zero-order chi connectivity index (χ0) is 18.8.